The molecule has 3 saturated heterocycles. The van der Waals surface area contributed by atoms with E-state index in [1.165, 1.54) is 6.92 Å². The summed E-state index contributed by atoms with van der Waals surface area (Å²) in [6.45, 7) is 14.1. The highest BCUT2D eigenvalue weighted by atomic mass is 16.8. The zero-order chi connectivity index (χ0) is 58.4. The quantitative estimate of drug-likeness (QED) is 0.0415. The van der Waals surface area contributed by atoms with Crippen LogP contribution in [0.5, 0.6) is 0 Å². The lowest BCUT2D eigenvalue weighted by Crippen LogP contribution is -2.72. The van der Waals surface area contributed by atoms with E-state index in [-0.39, 0.29) is 24.7 Å². The largest absolute Gasteiger partial charge is 0.479 e. The van der Waals surface area contributed by atoms with Crippen molar-refractivity contribution in [1.29, 1.82) is 0 Å². The molecule has 79 heavy (non-hydrogen) atoms. The van der Waals surface area contributed by atoms with Crippen molar-refractivity contribution < 1.29 is 119 Å². The number of aliphatic hydroxyl groups is 12. The lowest BCUT2D eigenvalue weighted by atomic mass is 9.33. The fourth-order valence-electron chi connectivity index (χ4n) is 16.2. The second-order valence-electron chi connectivity index (χ2n) is 25.5. The van der Waals surface area contributed by atoms with Crippen LogP contribution in [-0.2, 0) is 52.3 Å². The van der Waals surface area contributed by atoms with E-state index in [0.29, 0.717) is 37.7 Å². The molecule has 450 valence electrons. The molecule has 24 nitrogen and oxygen atoms in total. The minimum absolute atomic E-state index is 0.100. The fraction of sp³-hybridized carbons (Fsp3) is 0.873. The molecule has 13 N–H and O–H groups in total. The van der Waals surface area contributed by atoms with Crippen LogP contribution in [0.25, 0.3) is 0 Å². The molecule has 27 unspecified atom stereocenters. The summed E-state index contributed by atoms with van der Waals surface area (Å²) in [6, 6.07) is 0. The molecule has 0 bridgehead atoms. The highest BCUT2D eigenvalue weighted by molar-refractivity contribution is 5.87. The summed E-state index contributed by atoms with van der Waals surface area (Å²) in [5, 5.41) is 143. The Labute approximate surface area is 459 Å². The average molecular weight is 1130 g/mol. The molecule has 3 heterocycles. The van der Waals surface area contributed by atoms with Gasteiger partial charge < -0.3 is 104 Å². The van der Waals surface area contributed by atoms with Crippen molar-refractivity contribution in [2.75, 3.05) is 26.4 Å². The molecule has 0 spiro atoms. The molecule has 0 radical (unpaired) electrons. The lowest BCUT2D eigenvalue weighted by Gasteiger charge is -2.72. The van der Waals surface area contributed by atoms with E-state index in [1.54, 1.807) is 19.9 Å². The monoisotopic (exact) mass is 1130 g/mol. The van der Waals surface area contributed by atoms with Gasteiger partial charge in [0.1, 0.15) is 85.5 Å². The van der Waals surface area contributed by atoms with E-state index in [1.807, 2.05) is 20.8 Å². The molecular formula is C55H86O24. The highest BCUT2D eigenvalue weighted by Gasteiger charge is 2.74. The molecule has 0 aromatic carbocycles. The maximum Gasteiger partial charge on any atom is 0.335 e. The lowest BCUT2D eigenvalue weighted by molar-refractivity contribution is -0.392. The molecular weight excluding hydrogens is 1040 g/mol. The van der Waals surface area contributed by atoms with Crippen molar-refractivity contribution in [3.8, 4) is 0 Å². The Hall–Kier alpha value is -2.83. The second kappa shape index (κ2) is 22.6. The Morgan fingerprint density at radius 3 is 1.76 bits per heavy atom. The van der Waals surface area contributed by atoms with Gasteiger partial charge in [-0.2, -0.15) is 0 Å². The molecule has 7 fully saturated rings. The summed E-state index contributed by atoms with van der Waals surface area (Å²) in [6.07, 6.45) is -26.6. The van der Waals surface area contributed by atoms with Crippen LogP contribution in [0.2, 0.25) is 0 Å². The van der Waals surface area contributed by atoms with E-state index in [2.05, 4.69) is 26.8 Å². The third kappa shape index (κ3) is 9.94. The Morgan fingerprint density at radius 2 is 1.24 bits per heavy atom. The zero-order valence-electron chi connectivity index (χ0n) is 46.4. The van der Waals surface area contributed by atoms with Crippen molar-refractivity contribution in [3.05, 3.63) is 23.3 Å². The summed E-state index contributed by atoms with van der Waals surface area (Å²) >= 11 is 0. The zero-order valence-corrected chi connectivity index (χ0v) is 46.4. The van der Waals surface area contributed by atoms with Gasteiger partial charge >= 0.3 is 17.9 Å². The van der Waals surface area contributed by atoms with E-state index in [9.17, 15) is 80.8 Å². The maximum atomic E-state index is 13.9. The number of ether oxygens (including phenoxy) is 8. The van der Waals surface area contributed by atoms with Gasteiger partial charge in [0.2, 0.25) is 0 Å². The first-order chi connectivity index (χ1) is 36.9. The van der Waals surface area contributed by atoms with Gasteiger partial charge in [-0.25, -0.2) is 9.59 Å². The van der Waals surface area contributed by atoms with E-state index in [4.69, 9.17) is 37.9 Å². The summed E-state index contributed by atoms with van der Waals surface area (Å²) in [5.41, 5.74) is -3.85. The molecule has 5 aliphatic carbocycles. The number of hydrogen-bond acceptors (Lipinski definition) is 23. The van der Waals surface area contributed by atoms with Crippen molar-refractivity contribution in [2.24, 2.45) is 50.2 Å². The Balaban J connectivity index is 1.14. The molecule has 8 aliphatic rings. The third-order valence-corrected chi connectivity index (χ3v) is 21.1. The normalized spacial score (nSPS) is 50.6. The number of allylic oxidation sites excluding steroid dienone is 3. The van der Waals surface area contributed by atoms with Crippen LogP contribution in [0.3, 0.4) is 0 Å². The number of aliphatic hydroxyl groups excluding tert-OH is 12. The minimum atomic E-state index is -2.18. The molecule has 24 heteroatoms. The minimum Gasteiger partial charge on any atom is -0.479 e. The van der Waals surface area contributed by atoms with E-state index < -0.39 is 199 Å². The Morgan fingerprint density at radius 1 is 0.658 bits per heavy atom. The van der Waals surface area contributed by atoms with Gasteiger partial charge in [-0.15, -0.1) is 0 Å². The number of rotatable bonds is 14. The first-order valence-electron chi connectivity index (χ1n) is 27.7. The number of carbonyl (C=O) groups excluding carboxylic acids is 2. The first kappa shape index (κ1) is 62.2. The smallest absolute Gasteiger partial charge is 0.335 e. The molecule has 8 rings (SSSR count). The van der Waals surface area contributed by atoms with Crippen molar-refractivity contribution in [3.63, 3.8) is 0 Å². The molecule has 3 aliphatic heterocycles. The SMILES string of the molecule is CC=C(C)C(=O)OC1CC2(C)C(=CCC3C4(C)CCC(OC5OC(C(=O)O)C(OC6OC(CO)C(O)C(O)C6O)C(O)C5OC5OC(CO)C(O)C(O)C5O)C(C)(CO)C4CCC32C)C2CC(C)(C)C(OC(C)=O)C(O)C12CO. The van der Waals surface area contributed by atoms with Crippen LogP contribution < -0.4 is 0 Å². The van der Waals surface area contributed by atoms with Crippen LogP contribution in [0.4, 0.5) is 0 Å². The Bertz CT molecular complexity index is 2290. The second-order valence-corrected chi connectivity index (χ2v) is 25.5. The van der Waals surface area contributed by atoms with Gasteiger partial charge in [0.25, 0.3) is 0 Å². The molecule has 0 aromatic heterocycles. The van der Waals surface area contributed by atoms with Crippen LogP contribution >= 0.6 is 0 Å². The van der Waals surface area contributed by atoms with Crippen molar-refractivity contribution in [1.82, 2.24) is 0 Å². The number of esters is 2. The van der Waals surface area contributed by atoms with Crippen molar-refractivity contribution >= 4 is 17.9 Å². The van der Waals surface area contributed by atoms with Crippen LogP contribution in [-0.4, -0.2) is 227 Å². The molecule has 4 saturated carbocycles. The van der Waals surface area contributed by atoms with Crippen LogP contribution in [0, 0.1) is 50.2 Å². The van der Waals surface area contributed by atoms with Crippen molar-refractivity contribution in [2.45, 2.75) is 224 Å². The number of carboxylic acid groups (broad SMARTS) is 1. The van der Waals surface area contributed by atoms with Gasteiger partial charge in [0.15, 0.2) is 25.0 Å². The predicted molar refractivity (Wildman–Crippen MR) is 269 cm³/mol. The average Bonchev–Trinajstić information content (AvgIpc) is 3.24. The standard InChI is InChI=1S/C55H86O24/c1-10-23(2)46(71)75-32-18-54(9)25(26-17-50(4,5)44(72-24(3)60)43(68)55(26,32)22-59)11-12-30-51(6)15-14-31(52(7,21-58)29(51)13-16-53(30,54)8)76-49-41(78-48-38(66)36(64)34(62)28(20-57)74-48)39(67)40(42(79-49)45(69)70)77-47-37(65)35(63)33(61)27(19-56)73-47/h10-11,26-44,47-49,56-59,61-68H,12-22H2,1-9H3,(H,69,70). The fourth-order valence-corrected chi connectivity index (χ4v) is 16.2. The van der Waals surface area contributed by atoms with Gasteiger partial charge in [-0.1, -0.05) is 59.3 Å². The predicted octanol–water partition coefficient (Wildman–Crippen LogP) is -1.32. The number of fused-ring (bicyclic) bond motifs is 7. The molecule has 0 amide bonds. The van der Waals surface area contributed by atoms with Gasteiger partial charge in [-0.3, -0.25) is 4.79 Å². The van der Waals surface area contributed by atoms with Gasteiger partial charge in [0.05, 0.1) is 37.9 Å². The Kier molecular flexibility index (Phi) is 17.8. The third-order valence-electron chi connectivity index (χ3n) is 21.1. The van der Waals surface area contributed by atoms with Gasteiger partial charge in [-0.05, 0) is 92.8 Å². The number of hydrogen-bond donors (Lipinski definition) is 13. The van der Waals surface area contributed by atoms with Gasteiger partial charge in [0, 0.05) is 23.3 Å². The van der Waals surface area contributed by atoms with E-state index in [0.717, 1.165) is 5.57 Å². The first-order valence-corrected chi connectivity index (χ1v) is 27.7. The number of carbonyl (C=O) groups is 3. The number of carboxylic acids is 1. The maximum absolute atomic E-state index is 13.9. The summed E-state index contributed by atoms with van der Waals surface area (Å²) < 4.78 is 48.3. The molecule has 0 aromatic rings. The van der Waals surface area contributed by atoms with Crippen LogP contribution in [0.1, 0.15) is 107 Å². The summed E-state index contributed by atoms with van der Waals surface area (Å²) in [4.78, 5) is 39.6. The topological polar surface area (TPSA) is 388 Å². The highest BCUT2D eigenvalue weighted by Crippen LogP contribution is 2.76. The molecule has 27 atom stereocenters. The number of aliphatic carboxylic acids is 1. The van der Waals surface area contributed by atoms with Crippen LogP contribution in [0.15, 0.2) is 23.3 Å². The van der Waals surface area contributed by atoms with E-state index >= 15 is 0 Å². The summed E-state index contributed by atoms with van der Waals surface area (Å²) in [5.74, 6) is -3.87. The summed E-state index contributed by atoms with van der Waals surface area (Å²) in [7, 11) is 0.